The minimum atomic E-state index is -0.448. The van der Waals surface area contributed by atoms with E-state index in [1.807, 2.05) is 0 Å². The van der Waals surface area contributed by atoms with E-state index in [1.165, 1.54) is 25.7 Å². The van der Waals surface area contributed by atoms with Gasteiger partial charge in [-0.2, -0.15) is 0 Å². The van der Waals surface area contributed by atoms with Gasteiger partial charge in [-0.05, 0) is 37.0 Å². The highest BCUT2D eigenvalue weighted by Crippen LogP contribution is 2.28. The Morgan fingerprint density at radius 3 is 2.71 bits per heavy atom. The second-order valence-electron chi connectivity index (χ2n) is 6.00. The van der Waals surface area contributed by atoms with Crippen molar-refractivity contribution in [2.45, 2.75) is 58.9 Å². The zero-order valence-electron chi connectivity index (χ0n) is 11.4. The van der Waals surface area contributed by atoms with Crippen LogP contribution in [0.1, 0.15) is 52.9 Å². The highest BCUT2D eigenvalue weighted by molar-refractivity contribution is 5.75. The Morgan fingerprint density at radius 2 is 2.12 bits per heavy atom. The van der Waals surface area contributed by atoms with Crippen LogP contribution in [-0.4, -0.2) is 18.6 Å². The Morgan fingerprint density at radius 1 is 1.41 bits per heavy atom. The molecule has 1 rings (SSSR count). The van der Waals surface area contributed by atoms with E-state index < -0.39 is 6.04 Å². The van der Waals surface area contributed by atoms with Crippen molar-refractivity contribution in [1.82, 2.24) is 0 Å². The molecule has 0 amide bonds. The number of nitrogens with two attached hydrogens (primary N) is 1. The molecule has 100 valence electrons. The molecular formula is C14H27NO2. The fourth-order valence-corrected chi connectivity index (χ4v) is 2.62. The first-order valence-corrected chi connectivity index (χ1v) is 6.91. The number of rotatable bonds is 5. The van der Waals surface area contributed by atoms with E-state index in [2.05, 4.69) is 20.8 Å². The van der Waals surface area contributed by atoms with Gasteiger partial charge >= 0.3 is 5.97 Å². The number of hydrogen-bond acceptors (Lipinski definition) is 3. The largest absolute Gasteiger partial charge is 0.464 e. The number of carbonyl (C=O) groups is 1. The third-order valence-corrected chi connectivity index (χ3v) is 3.53. The number of carbonyl (C=O) groups excluding carboxylic acids is 1. The van der Waals surface area contributed by atoms with E-state index in [0.29, 0.717) is 24.9 Å². The minimum Gasteiger partial charge on any atom is -0.464 e. The molecule has 0 aromatic carbocycles. The summed E-state index contributed by atoms with van der Waals surface area (Å²) in [6.45, 7) is 6.97. The highest BCUT2D eigenvalue weighted by Gasteiger charge is 2.22. The summed E-state index contributed by atoms with van der Waals surface area (Å²) in [5, 5.41) is 0. The monoisotopic (exact) mass is 241 g/mol. The molecule has 1 saturated carbocycles. The maximum absolute atomic E-state index is 11.7. The maximum atomic E-state index is 11.7. The van der Waals surface area contributed by atoms with E-state index in [9.17, 15) is 4.79 Å². The summed E-state index contributed by atoms with van der Waals surface area (Å²) < 4.78 is 5.33. The fraction of sp³-hybridized carbons (Fsp3) is 0.929. The van der Waals surface area contributed by atoms with Crippen LogP contribution in [0.15, 0.2) is 0 Å². The average Bonchev–Trinajstić information content (AvgIpc) is 2.25. The summed E-state index contributed by atoms with van der Waals surface area (Å²) in [7, 11) is 0. The van der Waals surface area contributed by atoms with Gasteiger partial charge in [-0.1, -0.05) is 33.6 Å². The van der Waals surface area contributed by atoms with Crippen molar-refractivity contribution < 1.29 is 9.53 Å². The van der Waals surface area contributed by atoms with Crippen molar-refractivity contribution in [2.75, 3.05) is 6.61 Å². The summed E-state index contributed by atoms with van der Waals surface area (Å²) in [5.41, 5.74) is 5.79. The third-order valence-electron chi connectivity index (χ3n) is 3.53. The van der Waals surface area contributed by atoms with Gasteiger partial charge in [-0.25, -0.2) is 0 Å². The summed E-state index contributed by atoms with van der Waals surface area (Å²) in [4.78, 5) is 11.7. The van der Waals surface area contributed by atoms with Crippen LogP contribution in [0.2, 0.25) is 0 Å². The Labute approximate surface area is 105 Å². The molecule has 1 fully saturated rings. The first kappa shape index (κ1) is 14.5. The summed E-state index contributed by atoms with van der Waals surface area (Å²) in [6, 6.07) is -0.448. The van der Waals surface area contributed by atoms with Crippen molar-refractivity contribution in [1.29, 1.82) is 0 Å². The minimum absolute atomic E-state index is 0.225. The van der Waals surface area contributed by atoms with E-state index >= 15 is 0 Å². The van der Waals surface area contributed by atoms with Crippen molar-refractivity contribution in [3.63, 3.8) is 0 Å². The Kier molecular flexibility index (Phi) is 5.96. The molecule has 0 saturated heterocycles. The molecule has 1 aliphatic rings. The lowest BCUT2D eigenvalue weighted by Crippen LogP contribution is -2.35. The zero-order chi connectivity index (χ0) is 12.8. The molecular weight excluding hydrogens is 214 g/mol. The molecule has 0 aromatic rings. The number of hydrogen-bond donors (Lipinski definition) is 1. The standard InChI is InChI=1S/C14H27NO2/c1-10(2)7-13(15)14(16)17-9-12-6-4-5-11(3)8-12/h10-13H,4-9,15H2,1-3H3. The second-order valence-corrected chi connectivity index (χ2v) is 6.00. The van der Waals surface area contributed by atoms with Crippen molar-refractivity contribution in [3.05, 3.63) is 0 Å². The van der Waals surface area contributed by atoms with E-state index in [1.54, 1.807) is 0 Å². The molecule has 3 nitrogen and oxygen atoms in total. The predicted octanol–water partition coefficient (Wildman–Crippen LogP) is 2.73. The first-order chi connectivity index (χ1) is 7.99. The summed E-state index contributed by atoms with van der Waals surface area (Å²) in [6.07, 6.45) is 5.67. The predicted molar refractivity (Wildman–Crippen MR) is 69.5 cm³/mol. The highest BCUT2D eigenvalue weighted by atomic mass is 16.5. The number of ether oxygens (including phenoxy) is 1. The quantitative estimate of drug-likeness (QED) is 0.753. The SMILES string of the molecule is CC(C)CC(N)C(=O)OCC1CCCC(C)C1. The van der Waals surface area contributed by atoms with Crippen LogP contribution in [-0.2, 0) is 9.53 Å². The molecule has 1 aliphatic carbocycles. The lowest BCUT2D eigenvalue weighted by molar-refractivity contribution is -0.147. The van der Waals surface area contributed by atoms with Crippen LogP contribution in [0.5, 0.6) is 0 Å². The summed E-state index contributed by atoms with van der Waals surface area (Å²) in [5.74, 6) is 1.54. The van der Waals surface area contributed by atoms with Gasteiger partial charge in [-0.15, -0.1) is 0 Å². The van der Waals surface area contributed by atoms with E-state index in [4.69, 9.17) is 10.5 Å². The average molecular weight is 241 g/mol. The smallest absolute Gasteiger partial charge is 0.322 e. The van der Waals surface area contributed by atoms with Crippen LogP contribution in [0.4, 0.5) is 0 Å². The lowest BCUT2D eigenvalue weighted by atomic mass is 9.83. The molecule has 0 heterocycles. The van der Waals surface area contributed by atoms with Gasteiger partial charge in [0.15, 0.2) is 0 Å². The Bertz CT molecular complexity index is 240. The van der Waals surface area contributed by atoms with Crippen molar-refractivity contribution in [3.8, 4) is 0 Å². The molecule has 2 N–H and O–H groups in total. The molecule has 0 aromatic heterocycles. The van der Waals surface area contributed by atoms with Gasteiger partial charge in [0.05, 0.1) is 6.61 Å². The lowest BCUT2D eigenvalue weighted by Gasteiger charge is -2.26. The van der Waals surface area contributed by atoms with Crippen molar-refractivity contribution in [2.24, 2.45) is 23.5 Å². The molecule has 0 radical (unpaired) electrons. The van der Waals surface area contributed by atoms with Gasteiger partial charge in [0.1, 0.15) is 6.04 Å². The second kappa shape index (κ2) is 7.00. The van der Waals surface area contributed by atoms with Crippen LogP contribution in [0.25, 0.3) is 0 Å². The topological polar surface area (TPSA) is 52.3 Å². The Balaban J connectivity index is 2.22. The zero-order valence-corrected chi connectivity index (χ0v) is 11.4. The molecule has 3 atom stereocenters. The summed E-state index contributed by atoms with van der Waals surface area (Å²) >= 11 is 0. The van der Waals surface area contributed by atoms with Gasteiger partial charge in [0, 0.05) is 0 Å². The molecule has 17 heavy (non-hydrogen) atoms. The number of esters is 1. The van der Waals surface area contributed by atoms with E-state index in [-0.39, 0.29) is 5.97 Å². The van der Waals surface area contributed by atoms with Crippen LogP contribution in [0.3, 0.4) is 0 Å². The van der Waals surface area contributed by atoms with Gasteiger partial charge < -0.3 is 10.5 Å². The normalized spacial score (nSPS) is 26.9. The van der Waals surface area contributed by atoms with E-state index in [0.717, 1.165) is 5.92 Å². The fourth-order valence-electron chi connectivity index (χ4n) is 2.62. The third kappa shape index (κ3) is 5.53. The van der Waals surface area contributed by atoms with Crippen LogP contribution in [0, 0.1) is 17.8 Å². The van der Waals surface area contributed by atoms with Crippen LogP contribution >= 0.6 is 0 Å². The van der Waals surface area contributed by atoms with Crippen LogP contribution < -0.4 is 5.73 Å². The molecule has 3 heteroatoms. The molecule has 0 spiro atoms. The first-order valence-electron chi connectivity index (χ1n) is 6.91. The Hall–Kier alpha value is -0.570. The van der Waals surface area contributed by atoms with Gasteiger partial charge in [-0.3, -0.25) is 4.79 Å². The molecule has 3 unspecified atom stereocenters. The molecule has 0 bridgehead atoms. The van der Waals surface area contributed by atoms with Gasteiger partial charge in [0.2, 0.25) is 0 Å². The molecule has 0 aliphatic heterocycles. The van der Waals surface area contributed by atoms with Crippen molar-refractivity contribution >= 4 is 5.97 Å². The maximum Gasteiger partial charge on any atom is 0.322 e. The van der Waals surface area contributed by atoms with Gasteiger partial charge in [0.25, 0.3) is 0 Å².